The molecule has 120 valence electrons. The molecular weight excluding hydrogens is 300 g/mol. The van der Waals surface area contributed by atoms with Crippen molar-refractivity contribution in [3.63, 3.8) is 0 Å². The fraction of sp³-hybridized carbons (Fsp3) is 0.538. The van der Waals surface area contributed by atoms with Crippen molar-refractivity contribution in [2.75, 3.05) is 31.1 Å². The number of anilines is 1. The van der Waals surface area contributed by atoms with Crippen LogP contribution in [0.15, 0.2) is 24.8 Å². The third-order valence-electron chi connectivity index (χ3n) is 4.15. The molecule has 0 aromatic carbocycles. The molecule has 0 bridgehead atoms. The smallest absolute Gasteiger partial charge is 0.244 e. The van der Waals surface area contributed by atoms with E-state index in [1.807, 2.05) is 0 Å². The molecule has 4 rings (SSSR count). The van der Waals surface area contributed by atoms with E-state index in [1.165, 1.54) is 11.0 Å². The maximum atomic E-state index is 12.4. The summed E-state index contributed by atoms with van der Waals surface area (Å²) >= 11 is 0. The lowest BCUT2D eigenvalue weighted by Gasteiger charge is -2.36. The van der Waals surface area contributed by atoms with Gasteiger partial charge in [0, 0.05) is 32.0 Å². The van der Waals surface area contributed by atoms with Crippen LogP contribution in [0.4, 0.5) is 5.95 Å². The zero-order chi connectivity index (χ0) is 15.6. The molecule has 10 heteroatoms. The van der Waals surface area contributed by atoms with Crippen LogP contribution in [0.5, 0.6) is 0 Å². The summed E-state index contributed by atoms with van der Waals surface area (Å²) in [5.74, 6) is 0.657. The Morgan fingerprint density at radius 1 is 1.30 bits per heavy atom. The first kappa shape index (κ1) is 14.0. The second-order valence-electron chi connectivity index (χ2n) is 5.52. The summed E-state index contributed by atoms with van der Waals surface area (Å²) in [5.41, 5.74) is 0. The van der Waals surface area contributed by atoms with Crippen LogP contribution in [-0.4, -0.2) is 79.4 Å². The Balaban J connectivity index is 1.47. The number of fused-ring (bicyclic) bond motifs is 1. The molecule has 0 aliphatic carbocycles. The first-order valence-electron chi connectivity index (χ1n) is 7.45. The Morgan fingerprint density at radius 2 is 2.17 bits per heavy atom. The number of amides is 1. The number of hydrogen-bond donors (Lipinski definition) is 0. The second kappa shape index (κ2) is 5.88. The Morgan fingerprint density at radius 3 is 2.96 bits per heavy atom. The van der Waals surface area contributed by atoms with Gasteiger partial charge in [0.25, 0.3) is 0 Å². The monoisotopic (exact) mass is 316 g/mol. The van der Waals surface area contributed by atoms with Crippen molar-refractivity contribution in [3.8, 4) is 0 Å². The van der Waals surface area contributed by atoms with Crippen molar-refractivity contribution in [2.24, 2.45) is 0 Å². The standard InChI is InChI=1S/C13H16N8O2/c22-12(8-20-9-16-17-18-20)19-6-10-11(7-19)23-5-4-21(10)13-14-2-1-3-15-13/h1-3,9-11H,4-8H2/t10-,11-/m0/s1. The molecule has 0 spiro atoms. The molecule has 0 N–H and O–H groups in total. The topological polar surface area (TPSA) is 102 Å². The maximum absolute atomic E-state index is 12.4. The van der Waals surface area contributed by atoms with Gasteiger partial charge in [-0.15, -0.1) is 5.10 Å². The normalized spacial score (nSPS) is 23.8. The molecule has 1 amide bonds. The van der Waals surface area contributed by atoms with Crippen LogP contribution in [-0.2, 0) is 16.1 Å². The molecule has 0 unspecified atom stereocenters. The zero-order valence-corrected chi connectivity index (χ0v) is 12.4. The third-order valence-corrected chi connectivity index (χ3v) is 4.15. The average molecular weight is 316 g/mol. The van der Waals surface area contributed by atoms with Gasteiger partial charge in [-0.05, 0) is 16.5 Å². The van der Waals surface area contributed by atoms with Gasteiger partial charge in [0.2, 0.25) is 11.9 Å². The highest BCUT2D eigenvalue weighted by molar-refractivity contribution is 5.76. The van der Waals surface area contributed by atoms with Crippen LogP contribution >= 0.6 is 0 Å². The van der Waals surface area contributed by atoms with Gasteiger partial charge in [-0.2, -0.15) is 0 Å². The maximum Gasteiger partial charge on any atom is 0.244 e. The fourth-order valence-electron chi connectivity index (χ4n) is 3.07. The molecule has 10 nitrogen and oxygen atoms in total. The molecule has 23 heavy (non-hydrogen) atoms. The Bertz CT molecular complexity index is 664. The first-order chi connectivity index (χ1) is 11.3. The lowest BCUT2D eigenvalue weighted by molar-refractivity contribution is -0.131. The molecule has 2 aliphatic rings. The summed E-state index contributed by atoms with van der Waals surface area (Å²) in [6.07, 6.45) is 4.86. The summed E-state index contributed by atoms with van der Waals surface area (Å²) in [4.78, 5) is 25.0. The first-order valence-corrected chi connectivity index (χ1v) is 7.45. The summed E-state index contributed by atoms with van der Waals surface area (Å²) < 4.78 is 7.25. The predicted molar refractivity (Wildman–Crippen MR) is 77.3 cm³/mol. The number of morpholine rings is 1. The average Bonchev–Trinajstić information content (AvgIpc) is 3.24. The van der Waals surface area contributed by atoms with Gasteiger partial charge >= 0.3 is 0 Å². The van der Waals surface area contributed by atoms with Crippen molar-refractivity contribution in [1.29, 1.82) is 0 Å². The van der Waals surface area contributed by atoms with Crippen molar-refractivity contribution < 1.29 is 9.53 Å². The van der Waals surface area contributed by atoms with Gasteiger partial charge in [-0.25, -0.2) is 14.6 Å². The minimum atomic E-state index is -0.0239. The highest BCUT2D eigenvalue weighted by Crippen LogP contribution is 2.25. The fourth-order valence-corrected chi connectivity index (χ4v) is 3.07. The van der Waals surface area contributed by atoms with E-state index in [0.29, 0.717) is 25.6 Å². The molecule has 2 fully saturated rings. The predicted octanol–water partition coefficient (Wildman–Crippen LogP) is -1.42. The van der Waals surface area contributed by atoms with Crippen LogP contribution < -0.4 is 4.90 Å². The number of rotatable bonds is 3. The van der Waals surface area contributed by atoms with E-state index >= 15 is 0 Å². The van der Waals surface area contributed by atoms with Gasteiger partial charge in [0.1, 0.15) is 12.9 Å². The minimum Gasteiger partial charge on any atom is -0.372 e. The number of carbonyl (C=O) groups is 1. The van der Waals surface area contributed by atoms with E-state index in [4.69, 9.17) is 4.74 Å². The quantitative estimate of drug-likeness (QED) is 0.680. The zero-order valence-electron chi connectivity index (χ0n) is 12.4. The van der Waals surface area contributed by atoms with E-state index in [9.17, 15) is 4.79 Å². The van der Waals surface area contributed by atoms with E-state index in [0.717, 1.165) is 6.54 Å². The van der Waals surface area contributed by atoms with Gasteiger partial charge in [-0.3, -0.25) is 4.79 Å². The largest absolute Gasteiger partial charge is 0.372 e. The van der Waals surface area contributed by atoms with Crippen molar-refractivity contribution in [3.05, 3.63) is 24.8 Å². The molecular formula is C13H16N8O2. The van der Waals surface area contributed by atoms with Crippen molar-refractivity contribution >= 4 is 11.9 Å². The molecule has 4 heterocycles. The summed E-state index contributed by atoms with van der Waals surface area (Å²) in [6, 6.07) is 1.86. The highest BCUT2D eigenvalue weighted by atomic mass is 16.5. The Hall–Kier alpha value is -2.62. The van der Waals surface area contributed by atoms with E-state index in [2.05, 4.69) is 30.4 Å². The number of ether oxygens (including phenoxy) is 1. The highest BCUT2D eigenvalue weighted by Gasteiger charge is 2.42. The molecule has 2 atom stereocenters. The van der Waals surface area contributed by atoms with Crippen LogP contribution in [0.1, 0.15) is 0 Å². The number of carbonyl (C=O) groups excluding carboxylic acids is 1. The summed E-state index contributed by atoms with van der Waals surface area (Å²) in [5, 5.41) is 10.8. The summed E-state index contributed by atoms with van der Waals surface area (Å²) in [7, 11) is 0. The number of hydrogen-bond acceptors (Lipinski definition) is 8. The lowest BCUT2D eigenvalue weighted by atomic mass is 10.1. The number of likely N-dealkylation sites (tertiary alicyclic amines) is 1. The Labute approximate surface area is 132 Å². The van der Waals surface area contributed by atoms with Crippen LogP contribution in [0, 0.1) is 0 Å². The van der Waals surface area contributed by atoms with Crippen LogP contribution in [0.3, 0.4) is 0 Å². The summed E-state index contributed by atoms with van der Waals surface area (Å²) in [6.45, 7) is 2.61. The Kier molecular flexibility index (Phi) is 3.58. The second-order valence-corrected chi connectivity index (χ2v) is 5.52. The minimum absolute atomic E-state index is 0.0228. The molecule has 0 saturated carbocycles. The van der Waals surface area contributed by atoms with Crippen LogP contribution in [0.25, 0.3) is 0 Å². The molecule has 0 radical (unpaired) electrons. The van der Waals surface area contributed by atoms with Gasteiger partial charge in [0.15, 0.2) is 0 Å². The molecule has 2 aromatic heterocycles. The lowest BCUT2D eigenvalue weighted by Crippen LogP contribution is -2.51. The van der Waals surface area contributed by atoms with E-state index in [1.54, 1.807) is 23.4 Å². The SMILES string of the molecule is O=C(Cn1cnnn1)N1C[C@@H]2OCCN(c3ncccn3)[C@H]2C1. The van der Waals surface area contributed by atoms with E-state index < -0.39 is 0 Å². The van der Waals surface area contributed by atoms with Crippen molar-refractivity contribution in [2.45, 2.75) is 18.7 Å². The molecule has 2 aliphatic heterocycles. The van der Waals surface area contributed by atoms with Gasteiger partial charge < -0.3 is 14.5 Å². The van der Waals surface area contributed by atoms with Crippen LogP contribution in [0.2, 0.25) is 0 Å². The van der Waals surface area contributed by atoms with Gasteiger partial charge in [0.05, 0.1) is 18.8 Å². The number of nitrogens with zero attached hydrogens (tertiary/aromatic N) is 8. The van der Waals surface area contributed by atoms with Crippen molar-refractivity contribution in [1.82, 2.24) is 35.1 Å². The molecule has 2 aromatic rings. The third kappa shape index (κ3) is 2.72. The number of aromatic nitrogens is 6. The van der Waals surface area contributed by atoms with Gasteiger partial charge in [-0.1, -0.05) is 0 Å². The molecule has 2 saturated heterocycles. The van der Waals surface area contributed by atoms with E-state index in [-0.39, 0.29) is 24.6 Å². The number of tetrazole rings is 1.